The number of benzene rings is 2. The number of aromatic nitrogens is 2. The fourth-order valence-electron chi connectivity index (χ4n) is 3.49. The topological polar surface area (TPSA) is 59.5 Å². The Balaban J connectivity index is 0.00000225. The van der Waals surface area contributed by atoms with Gasteiger partial charge in [0.2, 0.25) is 5.95 Å². The third kappa shape index (κ3) is 4.07. The van der Waals surface area contributed by atoms with E-state index < -0.39 is 0 Å². The highest BCUT2D eigenvalue weighted by atomic mass is 35.5. The number of ether oxygens (including phenoxy) is 2. The fraction of sp³-hybridized carbons (Fsp3) is 0.333. The van der Waals surface area contributed by atoms with Gasteiger partial charge in [0.15, 0.2) is 0 Å². The van der Waals surface area contributed by atoms with Gasteiger partial charge in [0.05, 0.1) is 25.4 Å². The van der Waals surface area contributed by atoms with Crippen molar-refractivity contribution in [3.8, 4) is 11.5 Å². The summed E-state index contributed by atoms with van der Waals surface area (Å²) in [4.78, 5) is 11.9. The number of hydrogen-bond donors (Lipinski definition) is 1. The lowest BCUT2D eigenvalue weighted by atomic mass is 10.1. The smallest absolute Gasteiger partial charge is 0.229 e. The van der Waals surface area contributed by atoms with Crippen LogP contribution in [0.3, 0.4) is 0 Å². The Hall–Kier alpha value is -2.73. The van der Waals surface area contributed by atoms with Crippen LogP contribution >= 0.6 is 12.4 Å². The van der Waals surface area contributed by atoms with Crippen molar-refractivity contribution in [3.63, 3.8) is 0 Å². The normalized spacial score (nSPS) is 13.7. The highest BCUT2D eigenvalue weighted by Gasteiger charge is 2.17. The third-order valence-corrected chi connectivity index (χ3v) is 4.89. The Morgan fingerprint density at radius 1 is 0.929 bits per heavy atom. The van der Waals surface area contributed by atoms with Gasteiger partial charge >= 0.3 is 0 Å². The lowest BCUT2D eigenvalue weighted by Gasteiger charge is -2.29. The quantitative estimate of drug-likeness (QED) is 0.663. The van der Waals surface area contributed by atoms with Crippen LogP contribution in [0.15, 0.2) is 42.5 Å². The zero-order valence-corrected chi connectivity index (χ0v) is 17.0. The van der Waals surface area contributed by atoms with Crippen molar-refractivity contribution in [2.75, 3.05) is 37.5 Å². The molecule has 0 bridgehead atoms. The lowest BCUT2D eigenvalue weighted by Crippen LogP contribution is -2.30. The van der Waals surface area contributed by atoms with Crippen LogP contribution in [0.25, 0.3) is 10.9 Å². The molecule has 6 nitrogen and oxygen atoms in total. The van der Waals surface area contributed by atoms with Gasteiger partial charge in [0, 0.05) is 24.5 Å². The molecule has 1 N–H and O–H groups in total. The highest BCUT2D eigenvalue weighted by molar-refractivity contribution is 5.91. The van der Waals surface area contributed by atoms with Crippen molar-refractivity contribution < 1.29 is 9.47 Å². The van der Waals surface area contributed by atoms with E-state index in [2.05, 4.69) is 16.3 Å². The van der Waals surface area contributed by atoms with E-state index in [0.717, 1.165) is 41.2 Å². The molecule has 2 heterocycles. The minimum absolute atomic E-state index is 0. The molecule has 0 unspecified atom stereocenters. The van der Waals surface area contributed by atoms with E-state index in [1.165, 1.54) is 19.3 Å². The molecule has 0 saturated carbocycles. The summed E-state index contributed by atoms with van der Waals surface area (Å²) < 4.78 is 10.8. The SMILES string of the molecule is COc1ccc(OC)c(Nc2nc(N3CCCCC3)c3ccccc3n2)c1.Cl. The van der Waals surface area contributed by atoms with Gasteiger partial charge in [-0.05, 0) is 43.5 Å². The molecule has 0 radical (unpaired) electrons. The second-order valence-corrected chi connectivity index (χ2v) is 6.63. The zero-order valence-electron chi connectivity index (χ0n) is 16.1. The van der Waals surface area contributed by atoms with Gasteiger partial charge in [-0.1, -0.05) is 12.1 Å². The molecule has 4 rings (SSSR count). The van der Waals surface area contributed by atoms with Crippen LogP contribution in [0, 0.1) is 0 Å². The van der Waals surface area contributed by atoms with Crippen LogP contribution in [0.1, 0.15) is 19.3 Å². The molecule has 0 spiro atoms. The molecule has 1 aromatic heterocycles. The van der Waals surface area contributed by atoms with E-state index in [0.29, 0.717) is 11.7 Å². The molecule has 7 heteroatoms. The maximum absolute atomic E-state index is 5.47. The minimum Gasteiger partial charge on any atom is -0.497 e. The molecule has 2 aromatic carbocycles. The summed E-state index contributed by atoms with van der Waals surface area (Å²) in [5, 5.41) is 4.40. The Bertz CT molecular complexity index is 945. The first-order valence-electron chi connectivity index (χ1n) is 9.29. The monoisotopic (exact) mass is 400 g/mol. The first-order valence-corrected chi connectivity index (χ1v) is 9.29. The van der Waals surface area contributed by atoms with Crippen LogP contribution in [0.2, 0.25) is 0 Å². The van der Waals surface area contributed by atoms with Crippen LogP contribution in [-0.4, -0.2) is 37.3 Å². The molecule has 148 valence electrons. The van der Waals surface area contributed by atoms with E-state index in [1.54, 1.807) is 14.2 Å². The molecule has 1 aliphatic heterocycles. The van der Waals surface area contributed by atoms with Crippen LogP contribution in [0.5, 0.6) is 11.5 Å². The number of rotatable bonds is 5. The molecule has 1 aliphatic rings. The Labute approximate surface area is 171 Å². The van der Waals surface area contributed by atoms with Crippen molar-refractivity contribution in [3.05, 3.63) is 42.5 Å². The molecule has 0 amide bonds. The summed E-state index contributed by atoms with van der Waals surface area (Å²) in [7, 11) is 3.29. The Morgan fingerprint density at radius 3 is 2.46 bits per heavy atom. The zero-order chi connectivity index (χ0) is 18.6. The number of para-hydroxylation sites is 1. The van der Waals surface area contributed by atoms with E-state index in [4.69, 9.17) is 19.4 Å². The minimum atomic E-state index is 0. The number of nitrogens with zero attached hydrogens (tertiary/aromatic N) is 3. The standard InChI is InChI=1S/C21H24N4O2.ClH/c1-26-15-10-11-19(27-2)18(14-15)23-21-22-17-9-5-4-8-16(17)20(24-21)25-12-6-3-7-13-25;/h4-5,8-11,14H,3,6-7,12-13H2,1-2H3,(H,22,23,24);1H. The molecule has 0 atom stereocenters. The largest absolute Gasteiger partial charge is 0.497 e. The number of hydrogen-bond acceptors (Lipinski definition) is 6. The van der Waals surface area contributed by atoms with Crippen molar-refractivity contribution in [2.45, 2.75) is 19.3 Å². The Morgan fingerprint density at radius 2 is 1.71 bits per heavy atom. The molecule has 1 saturated heterocycles. The van der Waals surface area contributed by atoms with Gasteiger partial charge in [-0.3, -0.25) is 0 Å². The Kier molecular flexibility index (Phi) is 6.41. The van der Waals surface area contributed by atoms with Crippen LogP contribution in [0.4, 0.5) is 17.5 Å². The van der Waals surface area contributed by atoms with Gasteiger partial charge in [0.25, 0.3) is 0 Å². The number of fused-ring (bicyclic) bond motifs is 1. The van der Waals surface area contributed by atoms with Crippen LogP contribution < -0.4 is 19.7 Å². The average molecular weight is 401 g/mol. The van der Waals surface area contributed by atoms with Gasteiger partial charge in [0.1, 0.15) is 17.3 Å². The average Bonchev–Trinajstić information content (AvgIpc) is 2.73. The first kappa shape index (κ1) is 20.0. The van der Waals surface area contributed by atoms with Gasteiger partial charge in [-0.2, -0.15) is 4.98 Å². The molecule has 0 aliphatic carbocycles. The van der Waals surface area contributed by atoms with Gasteiger partial charge in [-0.25, -0.2) is 4.98 Å². The summed E-state index contributed by atoms with van der Waals surface area (Å²) in [6.45, 7) is 2.06. The van der Waals surface area contributed by atoms with Crippen molar-refractivity contribution in [1.82, 2.24) is 9.97 Å². The molecule has 3 aromatic rings. The number of methoxy groups -OCH3 is 2. The number of nitrogens with one attached hydrogen (secondary N) is 1. The summed E-state index contributed by atoms with van der Waals surface area (Å²) in [5.74, 6) is 3.01. The molecular weight excluding hydrogens is 376 g/mol. The van der Waals surface area contributed by atoms with Crippen molar-refractivity contribution in [1.29, 1.82) is 0 Å². The van der Waals surface area contributed by atoms with E-state index in [9.17, 15) is 0 Å². The lowest BCUT2D eigenvalue weighted by molar-refractivity contribution is 0.405. The summed E-state index contributed by atoms with van der Waals surface area (Å²) in [5.41, 5.74) is 1.70. The predicted molar refractivity (Wildman–Crippen MR) is 116 cm³/mol. The molecular formula is C21H25ClN4O2. The van der Waals surface area contributed by atoms with E-state index in [1.807, 2.05) is 36.4 Å². The third-order valence-electron chi connectivity index (χ3n) is 4.89. The number of piperidine rings is 1. The number of halogens is 1. The van der Waals surface area contributed by atoms with Crippen molar-refractivity contribution >= 4 is 40.8 Å². The maximum Gasteiger partial charge on any atom is 0.229 e. The summed E-state index contributed by atoms with van der Waals surface area (Å²) in [6, 6.07) is 13.8. The maximum atomic E-state index is 5.47. The number of anilines is 3. The van der Waals surface area contributed by atoms with Gasteiger partial charge in [-0.15, -0.1) is 12.4 Å². The van der Waals surface area contributed by atoms with Crippen LogP contribution in [-0.2, 0) is 0 Å². The fourth-order valence-corrected chi connectivity index (χ4v) is 3.49. The molecule has 1 fully saturated rings. The molecule has 28 heavy (non-hydrogen) atoms. The first-order chi connectivity index (χ1) is 13.3. The second-order valence-electron chi connectivity index (χ2n) is 6.63. The van der Waals surface area contributed by atoms with Gasteiger partial charge < -0.3 is 19.7 Å². The summed E-state index contributed by atoms with van der Waals surface area (Å²) in [6.07, 6.45) is 3.68. The highest BCUT2D eigenvalue weighted by Crippen LogP contribution is 2.33. The summed E-state index contributed by atoms with van der Waals surface area (Å²) >= 11 is 0. The van der Waals surface area contributed by atoms with E-state index in [-0.39, 0.29) is 12.4 Å². The predicted octanol–water partition coefficient (Wildman–Crippen LogP) is 4.80. The van der Waals surface area contributed by atoms with Crippen molar-refractivity contribution in [2.24, 2.45) is 0 Å². The van der Waals surface area contributed by atoms with E-state index >= 15 is 0 Å². The second kappa shape index (κ2) is 8.97.